The van der Waals surface area contributed by atoms with E-state index in [9.17, 15) is 28.8 Å². The van der Waals surface area contributed by atoms with E-state index in [-0.39, 0.29) is 42.0 Å². The molecule has 0 aliphatic rings. The van der Waals surface area contributed by atoms with Crippen molar-refractivity contribution in [3.05, 3.63) is 217 Å². The van der Waals surface area contributed by atoms with Crippen molar-refractivity contribution >= 4 is 97.8 Å². The fourth-order valence-electron chi connectivity index (χ4n) is 12.6. The topological polar surface area (TPSA) is 456 Å². The van der Waals surface area contributed by atoms with Crippen molar-refractivity contribution in [2.45, 2.75) is 61.4 Å². The number of ether oxygens (including phenoxy) is 2. The van der Waals surface area contributed by atoms with Gasteiger partial charge in [-0.2, -0.15) is 5.10 Å². The molecule has 0 saturated carbocycles. The van der Waals surface area contributed by atoms with Crippen molar-refractivity contribution in [2.75, 3.05) is 61.7 Å². The van der Waals surface area contributed by atoms with Crippen molar-refractivity contribution in [3.8, 4) is 101 Å². The standard InChI is InChI=1S/C25H26N6O3.C21H20N6O2.C20H19N7O2.C19H19N7O/c1-4-18(32)14-31-9-7-16(13-22(31)33)17-11-19(20-10-15(3)6-8-27-20)23-21(12-17)28-24(29-23)30-25(34)26-5-2;1-3-23-21(28)27-20-25-18-10-14(13-5-4-7-22-12-13)9-16(19(18)26-20)17-11-15(29-2)6-8-24-17;1-3-23-20(28)27-19-25-16-8-12(13-9-21-11-22-10-13)7-14(18(16)26-19)15-5-4-6-17(24-15)29-2;1-3-21-19(27)24-18-22-16-9-13(12-5-4-6-20-10-12)8-14(17(16)23-18)15-7-11(2)25-26-15/h6-13H,4-5,14H2,1-3H3,(H3,26,28,29,30,34);4-12H,3H2,1-2H3,(H3,23,25,26,27,28);4-11H,3H2,1-2H3,(H3,23,25,26,27,28);4-10H,3H2,1-2H3,(H,25,26)(H3,21,22,23,24,27). The van der Waals surface area contributed by atoms with Crippen LogP contribution in [0.25, 0.3) is 134 Å². The number of aromatic amines is 5. The van der Waals surface area contributed by atoms with E-state index < -0.39 is 0 Å². The Kier molecular flexibility index (Phi) is 25.8. The third kappa shape index (κ3) is 20.0. The first kappa shape index (κ1) is 81.1. The Labute approximate surface area is 680 Å². The number of anilines is 4. The minimum absolute atomic E-state index is 0.00585. The van der Waals surface area contributed by atoms with Gasteiger partial charge in [0.2, 0.25) is 29.7 Å². The van der Waals surface area contributed by atoms with Gasteiger partial charge in [-0.05, 0) is 172 Å². The van der Waals surface area contributed by atoms with E-state index in [1.54, 1.807) is 82.9 Å². The molecule has 0 bridgehead atoms. The molecular weight excluding hydrogens is 1510 g/mol. The quantitative estimate of drug-likeness (QED) is 0.0318. The summed E-state index contributed by atoms with van der Waals surface area (Å²) < 4.78 is 12.0. The van der Waals surface area contributed by atoms with Gasteiger partial charge in [-0.15, -0.1) is 0 Å². The predicted molar refractivity (Wildman–Crippen MR) is 457 cm³/mol. The van der Waals surface area contributed by atoms with Gasteiger partial charge in [0.1, 0.15) is 17.6 Å². The summed E-state index contributed by atoms with van der Waals surface area (Å²) >= 11 is 0. The van der Waals surface area contributed by atoms with Crippen molar-refractivity contribution in [3.63, 3.8) is 0 Å². The van der Waals surface area contributed by atoms with Gasteiger partial charge in [-0.25, -0.2) is 54.1 Å². The Morgan fingerprint density at radius 2 is 0.857 bits per heavy atom. The van der Waals surface area contributed by atoms with E-state index >= 15 is 0 Å². The molecule has 12 aromatic heterocycles. The monoisotopic (exact) mass is 1600 g/mol. The Bertz CT molecular complexity index is 6190. The number of imidazole rings is 4. The lowest BCUT2D eigenvalue weighted by atomic mass is 10.00. The van der Waals surface area contributed by atoms with E-state index in [1.165, 1.54) is 17.0 Å². The van der Waals surface area contributed by atoms with Crippen LogP contribution in [-0.4, -0.2) is 160 Å². The number of hydrogen-bond acceptors (Lipinski definition) is 20. The lowest BCUT2D eigenvalue weighted by molar-refractivity contribution is -0.119. The highest BCUT2D eigenvalue weighted by atomic mass is 16.5. The number of aryl methyl sites for hydroxylation is 2. The molecule has 0 aliphatic carbocycles. The molecule has 0 spiro atoms. The van der Waals surface area contributed by atoms with Crippen LogP contribution in [-0.2, 0) is 11.3 Å². The molecule has 119 heavy (non-hydrogen) atoms. The van der Waals surface area contributed by atoms with E-state index in [2.05, 4.69) is 127 Å². The third-order valence-corrected chi connectivity index (χ3v) is 18.2. The van der Waals surface area contributed by atoms with Crippen LogP contribution in [0.1, 0.15) is 52.3 Å². The summed E-state index contributed by atoms with van der Waals surface area (Å²) in [5.74, 6) is 2.59. The molecule has 0 unspecified atom stereocenters. The minimum atomic E-state index is -0.359. The van der Waals surface area contributed by atoms with Crippen LogP contribution in [0.3, 0.4) is 0 Å². The number of amides is 8. The van der Waals surface area contributed by atoms with Crippen molar-refractivity contribution in [1.29, 1.82) is 0 Å². The zero-order chi connectivity index (χ0) is 83.5. The van der Waals surface area contributed by atoms with E-state index in [1.807, 2.05) is 163 Å². The fourth-order valence-corrected chi connectivity index (χ4v) is 12.6. The van der Waals surface area contributed by atoms with Gasteiger partial charge in [0.25, 0.3) is 5.56 Å². The number of Topliss-reactive ketones (excluding diaryl/α,β-unsaturated/α-hetero) is 1. The zero-order valence-corrected chi connectivity index (χ0v) is 66.3. The van der Waals surface area contributed by atoms with Crippen LogP contribution in [0.15, 0.2) is 200 Å². The number of pyridine rings is 6. The highest BCUT2D eigenvalue weighted by Crippen LogP contribution is 2.39. The van der Waals surface area contributed by atoms with Gasteiger partial charge in [0.15, 0.2) is 5.78 Å². The number of carbonyl (C=O) groups excluding carboxylic acids is 5. The smallest absolute Gasteiger partial charge is 0.321 e. The van der Waals surface area contributed by atoms with Gasteiger partial charge in [0, 0.05) is 151 Å². The van der Waals surface area contributed by atoms with E-state index in [0.717, 1.165) is 112 Å². The first-order chi connectivity index (χ1) is 57.9. The van der Waals surface area contributed by atoms with Crippen LogP contribution in [0, 0.1) is 13.8 Å². The zero-order valence-electron chi connectivity index (χ0n) is 66.3. The van der Waals surface area contributed by atoms with Crippen LogP contribution < -0.4 is 57.6 Å². The van der Waals surface area contributed by atoms with E-state index in [0.29, 0.717) is 101 Å². The number of aromatic nitrogens is 18. The number of fused-ring (bicyclic) bond motifs is 4. The summed E-state index contributed by atoms with van der Waals surface area (Å²) in [6, 6.07) is 40.5. The van der Waals surface area contributed by atoms with Gasteiger partial charge in [-0.1, -0.05) is 25.1 Å². The van der Waals surface area contributed by atoms with Crippen LogP contribution >= 0.6 is 0 Å². The molecule has 4 aromatic carbocycles. The second-order valence-electron chi connectivity index (χ2n) is 26.6. The first-order valence-corrected chi connectivity index (χ1v) is 38.0. The average molecular weight is 1600 g/mol. The molecule has 0 atom stereocenters. The summed E-state index contributed by atoms with van der Waals surface area (Å²) in [5, 5.41) is 28.9. The Morgan fingerprint density at radius 3 is 1.28 bits per heavy atom. The molecule has 0 fully saturated rings. The van der Waals surface area contributed by atoms with Crippen molar-refractivity contribution < 1.29 is 33.4 Å². The molecule has 602 valence electrons. The molecule has 0 radical (unpaired) electrons. The number of hydrogen-bond donors (Lipinski definition) is 13. The second-order valence-corrected chi connectivity index (χ2v) is 26.6. The van der Waals surface area contributed by atoms with Crippen molar-refractivity contribution in [2.24, 2.45) is 0 Å². The summed E-state index contributed by atoms with van der Waals surface area (Å²) in [5.41, 5.74) is 20.8. The third-order valence-electron chi connectivity index (χ3n) is 18.2. The molecule has 0 saturated heterocycles. The number of carbonyl (C=O) groups is 5. The first-order valence-electron chi connectivity index (χ1n) is 38.0. The molecular formula is C85H84N26O8. The number of ketones is 1. The fraction of sp³-hybridized carbons (Fsp3) is 0.176. The molecule has 16 aromatic rings. The molecule has 34 nitrogen and oxygen atoms in total. The Balaban J connectivity index is 0.000000138. The Morgan fingerprint density at radius 1 is 0.412 bits per heavy atom. The largest absolute Gasteiger partial charge is 0.497 e. The van der Waals surface area contributed by atoms with Gasteiger partial charge in [-0.3, -0.25) is 55.9 Å². The number of rotatable bonds is 21. The number of methoxy groups -OCH3 is 2. The SMILES string of the molecule is CCNC(=O)Nc1nc2c(-c3cc(C)[nH]n3)cc(-c3cccnc3)cc2[nH]1.CCNC(=O)Nc1nc2c(-c3cc(C)ccn3)cc(-c3ccn(CC(=O)CC)c(=O)c3)cc2[nH]1.CCNC(=O)Nc1nc2c(-c3cc(OC)ccn3)cc(-c3cccnc3)cc2[nH]1.CCNC(=O)Nc1nc2c(-c3cccc(OC)n3)cc(-c3cncnc3)cc2[nH]1. The molecule has 34 heteroatoms. The number of H-pyrrole nitrogens is 5. The maximum Gasteiger partial charge on any atom is 0.321 e. The lowest BCUT2D eigenvalue weighted by Crippen LogP contribution is -2.28. The van der Waals surface area contributed by atoms with Gasteiger partial charge in [0.05, 0.1) is 82.2 Å². The Hall–Kier alpha value is -15.9. The average Bonchev–Trinajstić information content (AvgIpc) is 1.71. The second kappa shape index (κ2) is 37.8. The number of nitrogens with zero attached hydrogens (tertiary/aromatic N) is 13. The molecule has 16 rings (SSSR count). The van der Waals surface area contributed by atoms with Crippen LogP contribution in [0.5, 0.6) is 11.6 Å². The maximum atomic E-state index is 12.6. The summed E-state index contributed by atoms with van der Waals surface area (Å²) in [6.45, 7) is 15.2. The molecule has 13 N–H and O–H groups in total. The van der Waals surface area contributed by atoms with Gasteiger partial charge < -0.3 is 55.2 Å². The lowest BCUT2D eigenvalue weighted by Gasteiger charge is -2.09. The normalized spacial score (nSPS) is 10.8. The van der Waals surface area contributed by atoms with E-state index in [4.69, 9.17) is 9.47 Å². The predicted octanol–water partition coefficient (Wildman–Crippen LogP) is 14.4. The highest BCUT2D eigenvalue weighted by molar-refractivity contribution is 6.02. The van der Waals surface area contributed by atoms with Crippen molar-refractivity contribution in [1.82, 2.24) is 111 Å². The molecule has 8 amide bonds. The highest BCUT2D eigenvalue weighted by Gasteiger charge is 2.22. The number of nitrogens with one attached hydrogen (secondary N) is 13. The van der Waals surface area contributed by atoms with Crippen LogP contribution in [0.4, 0.5) is 43.0 Å². The summed E-state index contributed by atoms with van der Waals surface area (Å²) in [4.78, 5) is 133. The van der Waals surface area contributed by atoms with Crippen LogP contribution in [0.2, 0.25) is 0 Å². The molecule has 12 heterocycles. The molecule has 0 aliphatic heterocycles. The maximum absolute atomic E-state index is 12.6. The summed E-state index contributed by atoms with van der Waals surface area (Å²) in [7, 11) is 3.19. The summed E-state index contributed by atoms with van der Waals surface area (Å²) in [6.07, 6.45) is 17.5. The number of benzene rings is 4. The number of urea groups is 4. The van der Waals surface area contributed by atoms with Gasteiger partial charge >= 0.3 is 24.1 Å². The minimum Gasteiger partial charge on any atom is -0.497 e.